The Labute approximate surface area is 244 Å². The molecule has 0 aliphatic rings. The highest BCUT2D eigenvalue weighted by molar-refractivity contribution is 7.81. The lowest BCUT2D eigenvalue weighted by Gasteiger charge is -2.41. The zero-order valence-electron chi connectivity index (χ0n) is 20.4. The van der Waals surface area contributed by atoms with E-state index in [0.29, 0.717) is 0 Å². The summed E-state index contributed by atoms with van der Waals surface area (Å²) in [5, 5.41) is 0. The summed E-state index contributed by atoms with van der Waals surface area (Å²) in [6.07, 6.45) is -33.9. The largest absolute Gasteiger partial charge is 0.460 e. The molecule has 0 N–H and O–H groups in total. The minimum absolute atomic E-state index is 1.07. The maximum atomic E-state index is 13.5. The molecule has 0 radical (unpaired) electrons. The van der Waals surface area contributed by atoms with Crippen molar-refractivity contribution >= 4 is 10.4 Å². The molecule has 0 aliphatic heterocycles. The van der Waals surface area contributed by atoms with Crippen molar-refractivity contribution in [3.05, 3.63) is 0 Å². The average molecular weight is 834 g/mol. The smallest absolute Gasteiger partial charge is 0.192 e. The van der Waals surface area contributed by atoms with Gasteiger partial charge in [-0.15, -0.1) is 0 Å². The van der Waals surface area contributed by atoms with Crippen LogP contribution < -0.4 is 0 Å². The Bertz CT molecular complexity index is 1220. The van der Waals surface area contributed by atoms with Crippen LogP contribution in [0.15, 0.2) is 0 Å². The van der Waals surface area contributed by atoms with Gasteiger partial charge in [0.1, 0.15) is 0 Å². The maximum absolute atomic E-state index is 13.5. The standard InChI is InChI=1S/C14F30O4S/c15-1(16,3(19,20)7(27,28)11(35,36)37)5(23,24)9(31,32)13(41,42)47-49(45,46)48-14(43,44)10(33,34)6(25,26)2(17,18)4(21,22)8(29,30)12(38,39)40. The zero-order chi connectivity index (χ0) is 40.9. The first-order valence-electron chi connectivity index (χ1n) is 9.74. The van der Waals surface area contributed by atoms with Crippen LogP contribution in [0.3, 0.4) is 0 Å². The van der Waals surface area contributed by atoms with E-state index in [-0.39, 0.29) is 0 Å². The van der Waals surface area contributed by atoms with Crippen LogP contribution in [0.1, 0.15) is 0 Å². The molecule has 0 saturated heterocycles. The molecule has 35 heteroatoms. The second-order valence-corrected chi connectivity index (χ2v) is 9.50. The molecule has 0 unspecified atom stereocenters. The summed E-state index contributed by atoms with van der Waals surface area (Å²) in [6.45, 7) is 0. The van der Waals surface area contributed by atoms with Gasteiger partial charge in [0.15, 0.2) is 0 Å². The molecular formula is C14F30O4S. The first-order valence-corrected chi connectivity index (χ1v) is 11.1. The van der Waals surface area contributed by atoms with Crippen LogP contribution in [0.2, 0.25) is 0 Å². The molecule has 296 valence electrons. The van der Waals surface area contributed by atoms with Crippen LogP contribution in [0.25, 0.3) is 0 Å². The number of hydrogen-bond acceptors (Lipinski definition) is 4. The van der Waals surface area contributed by atoms with Gasteiger partial charge in [-0.2, -0.15) is 148 Å². The monoisotopic (exact) mass is 834 g/mol. The van der Waals surface area contributed by atoms with Gasteiger partial charge in [0.05, 0.1) is 0 Å². The topological polar surface area (TPSA) is 52.6 Å². The third-order valence-corrected chi connectivity index (χ3v) is 5.84. The molecule has 0 aromatic carbocycles. The van der Waals surface area contributed by atoms with Gasteiger partial charge in [-0.05, 0) is 0 Å². The van der Waals surface area contributed by atoms with Gasteiger partial charge in [0.25, 0.3) is 0 Å². The Kier molecular flexibility index (Phi) is 10.9. The Morgan fingerprint density at radius 1 is 0.245 bits per heavy atom. The number of hydrogen-bond donors (Lipinski definition) is 0. The highest BCUT2D eigenvalue weighted by Crippen LogP contribution is 2.64. The fraction of sp³-hybridized carbons (Fsp3) is 1.00. The molecule has 0 spiro atoms. The second kappa shape index (κ2) is 11.4. The van der Waals surface area contributed by atoms with Gasteiger partial charge < -0.3 is 0 Å². The molecule has 0 saturated carbocycles. The summed E-state index contributed by atoms with van der Waals surface area (Å²) in [4.78, 5) is 0. The lowest BCUT2D eigenvalue weighted by Crippen LogP contribution is -2.73. The van der Waals surface area contributed by atoms with Crippen molar-refractivity contribution in [1.29, 1.82) is 0 Å². The molecular weight excluding hydrogens is 834 g/mol. The summed E-state index contributed by atoms with van der Waals surface area (Å²) in [5.74, 6) is -91.0. The van der Waals surface area contributed by atoms with Gasteiger partial charge in [0.2, 0.25) is 0 Å². The van der Waals surface area contributed by atoms with E-state index >= 15 is 0 Å². The predicted molar refractivity (Wildman–Crippen MR) is 82.6 cm³/mol. The SMILES string of the molecule is O=S(=O)(OC(F)(F)C(F)(F)C(F)(F)C(F)(F)C(F)(F)C(F)(F)C(F)(F)F)OC(F)(F)C(F)(F)C(F)(F)C(F)(F)C(F)(F)C(F)(F)C(F)(F)F. The zero-order valence-corrected chi connectivity index (χ0v) is 21.2. The van der Waals surface area contributed by atoms with Gasteiger partial charge in [-0.25, -0.2) is 0 Å². The Balaban J connectivity index is 6.99. The Hall–Kier alpha value is -2.23. The summed E-state index contributed by atoms with van der Waals surface area (Å²) in [5.41, 5.74) is 0. The number of alkyl halides is 30. The molecule has 0 bridgehead atoms. The third-order valence-electron chi connectivity index (χ3n) is 5.01. The van der Waals surface area contributed by atoms with Crippen LogP contribution in [0.4, 0.5) is 132 Å². The summed E-state index contributed by atoms with van der Waals surface area (Å²) >= 11 is 0. The summed E-state index contributed by atoms with van der Waals surface area (Å²) < 4.78 is 413. The third kappa shape index (κ3) is 6.32. The molecule has 0 atom stereocenters. The van der Waals surface area contributed by atoms with Gasteiger partial charge >= 0.3 is 94.2 Å². The lowest BCUT2D eigenvalue weighted by molar-refractivity contribution is -0.469. The van der Waals surface area contributed by atoms with E-state index in [1.807, 2.05) is 0 Å². The first kappa shape index (κ1) is 46.8. The van der Waals surface area contributed by atoms with E-state index in [2.05, 4.69) is 0 Å². The predicted octanol–water partition coefficient (Wildman–Crippen LogP) is 8.93. The van der Waals surface area contributed by atoms with Crippen molar-refractivity contribution in [2.45, 2.75) is 83.8 Å². The van der Waals surface area contributed by atoms with Crippen LogP contribution >= 0.6 is 0 Å². The molecule has 0 aromatic heterocycles. The van der Waals surface area contributed by atoms with E-state index in [9.17, 15) is 140 Å². The highest BCUT2D eigenvalue weighted by Gasteiger charge is 2.96. The molecule has 0 fully saturated rings. The maximum Gasteiger partial charge on any atom is 0.460 e. The van der Waals surface area contributed by atoms with Gasteiger partial charge in [0, 0.05) is 0 Å². The normalized spacial score (nSPS) is 17.1. The van der Waals surface area contributed by atoms with E-state index in [4.69, 9.17) is 0 Å². The fourth-order valence-electron chi connectivity index (χ4n) is 2.28. The van der Waals surface area contributed by atoms with E-state index in [1.54, 1.807) is 0 Å². The Morgan fingerprint density at radius 3 is 0.551 bits per heavy atom. The lowest BCUT2D eigenvalue weighted by atomic mass is 9.93. The quantitative estimate of drug-likeness (QED) is 0.164. The van der Waals surface area contributed by atoms with Crippen LogP contribution in [0.5, 0.6) is 0 Å². The number of rotatable bonds is 14. The molecule has 0 aromatic rings. The molecule has 4 nitrogen and oxygen atoms in total. The van der Waals surface area contributed by atoms with E-state index in [1.165, 1.54) is 0 Å². The van der Waals surface area contributed by atoms with Crippen LogP contribution in [-0.4, -0.2) is 92.2 Å². The molecule has 0 rings (SSSR count). The molecule has 0 heterocycles. The molecule has 0 aliphatic carbocycles. The van der Waals surface area contributed by atoms with E-state index < -0.39 is 94.2 Å². The van der Waals surface area contributed by atoms with Crippen LogP contribution in [0, 0.1) is 0 Å². The summed E-state index contributed by atoms with van der Waals surface area (Å²) in [7, 11) is -9.10. The summed E-state index contributed by atoms with van der Waals surface area (Å²) in [6, 6.07) is 0. The van der Waals surface area contributed by atoms with Crippen molar-refractivity contribution in [3.63, 3.8) is 0 Å². The highest BCUT2D eigenvalue weighted by atomic mass is 32.3. The minimum atomic E-state index is -9.33. The Morgan fingerprint density at radius 2 is 0.388 bits per heavy atom. The molecule has 49 heavy (non-hydrogen) atoms. The minimum Gasteiger partial charge on any atom is -0.192 e. The van der Waals surface area contributed by atoms with Crippen molar-refractivity contribution in [3.8, 4) is 0 Å². The fourth-order valence-corrected chi connectivity index (χ4v) is 3.04. The molecule has 0 amide bonds. The van der Waals surface area contributed by atoms with Crippen molar-refractivity contribution in [2.75, 3.05) is 0 Å². The van der Waals surface area contributed by atoms with Crippen molar-refractivity contribution < 1.29 is 148 Å². The first-order chi connectivity index (χ1) is 20.4. The second-order valence-electron chi connectivity index (χ2n) is 8.35. The number of halogens is 30. The van der Waals surface area contributed by atoms with E-state index in [0.717, 1.165) is 8.37 Å². The van der Waals surface area contributed by atoms with Gasteiger partial charge in [-0.1, -0.05) is 0 Å². The van der Waals surface area contributed by atoms with Gasteiger partial charge in [-0.3, -0.25) is 0 Å². The van der Waals surface area contributed by atoms with Crippen molar-refractivity contribution in [1.82, 2.24) is 0 Å². The van der Waals surface area contributed by atoms with Crippen LogP contribution in [-0.2, 0) is 18.8 Å². The van der Waals surface area contributed by atoms with Crippen molar-refractivity contribution in [2.24, 2.45) is 0 Å². The average Bonchev–Trinajstić information content (AvgIpc) is 2.79.